The maximum atomic E-state index is 11.9. The third-order valence-electron chi connectivity index (χ3n) is 3.74. The number of benzene rings is 2. The van der Waals surface area contributed by atoms with Crippen molar-refractivity contribution >= 4 is 22.4 Å². The fourth-order valence-electron chi connectivity index (χ4n) is 2.36. The molecule has 3 rings (SSSR count). The van der Waals surface area contributed by atoms with Crippen LogP contribution in [0.5, 0.6) is 0 Å². The van der Waals surface area contributed by atoms with Crippen LogP contribution in [0.2, 0.25) is 0 Å². The molecule has 5 heteroatoms. The maximum Gasteiger partial charge on any atom is 0.261 e. The number of nitrogens with zero attached hydrogens (tertiary/aromatic N) is 3. The first-order chi connectivity index (χ1) is 11.1. The Balaban J connectivity index is 1.71. The first-order valence-corrected chi connectivity index (χ1v) is 7.44. The van der Waals surface area contributed by atoms with E-state index in [0.29, 0.717) is 0 Å². The zero-order chi connectivity index (χ0) is 16.2. The summed E-state index contributed by atoms with van der Waals surface area (Å²) in [7, 11) is 0. The molecule has 1 heterocycles. The largest absolute Gasteiger partial charge is 0.271 e. The van der Waals surface area contributed by atoms with Crippen LogP contribution in [0, 0.1) is 6.92 Å². The molecule has 1 amide bonds. The lowest BCUT2D eigenvalue weighted by Crippen LogP contribution is -2.25. The van der Waals surface area contributed by atoms with Crippen molar-refractivity contribution in [2.45, 2.75) is 20.4 Å². The Morgan fingerprint density at radius 1 is 1.17 bits per heavy atom. The second-order valence-electron chi connectivity index (χ2n) is 5.42. The molecule has 0 atom stereocenters. The number of aryl methyl sites for hydroxylation is 1. The molecule has 0 radical (unpaired) electrons. The Morgan fingerprint density at radius 2 is 1.96 bits per heavy atom. The Labute approximate surface area is 134 Å². The van der Waals surface area contributed by atoms with E-state index in [2.05, 4.69) is 39.9 Å². The molecule has 5 nitrogen and oxygen atoms in total. The molecule has 0 aliphatic heterocycles. The van der Waals surface area contributed by atoms with E-state index in [9.17, 15) is 4.79 Å². The van der Waals surface area contributed by atoms with Crippen molar-refractivity contribution in [3.63, 3.8) is 0 Å². The molecule has 2 aromatic carbocycles. The summed E-state index contributed by atoms with van der Waals surface area (Å²) in [6.07, 6.45) is 1.67. The first-order valence-electron chi connectivity index (χ1n) is 7.44. The van der Waals surface area contributed by atoms with Crippen LogP contribution in [0.3, 0.4) is 0 Å². The summed E-state index contributed by atoms with van der Waals surface area (Å²) >= 11 is 0. The minimum Gasteiger partial charge on any atom is -0.271 e. The molecule has 0 unspecified atom stereocenters. The second kappa shape index (κ2) is 6.44. The number of rotatable bonds is 4. The van der Waals surface area contributed by atoms with Crippen molar-refractivity contribution in [1.29, 1.82) is 0 Å². The molecule has 0 aliphatic rings. The molecule has 3 aromatic rings. The van der Waals surface area contributed by atoms with Gasteiger partial charge in [-0.1, -0.05) is 36.4 Å². The summed E-state index contributed by atoms with van der Waals surface area (Å²) in [5.74, 6) is -0.197. The third kappa shape index (κ3) is 3.45. The van der Waals surface area contributed by atoms with Gasteiger partial charge in [-0.15, -0.1) is 0 Å². The highest BCUT2D eigenvalue weighted by atomic mass is 16.2. The van der Waals surface area contributed by atoms with Gasteiger partial charge in [-0.3, -0.25) is 9.48 Å². The van der Waals surface area contributed by atoms with Crippen LogP contribution < -0.4 is 5.43 Å². The Kier molecular flexibility index (Phi) is 4.19. The Morgan fingerprint density at radius 3 is 2.70 bits per heavy atom. The number of hydrazone groups is 1. The van der Waals surface area contributed by atoms with Gasteiger partial charge in [-0.2, -0.15) is 10.2 Å². The summed E-state index contributed by atoms with van der Waals surface area (Å²) in [5, 5.41) is 10.6. The van der Waals surface area contributed by atoms with Gasteiger partial charge in [0.1, 0.15) is 6.54 Å². The van der Waals surface area contributed by atoms with E-state index in [1.165, 1.54) is 5.39 Å². The van der Waals surface area contributed by atoms with Crippen molar-refractivity contribution in [1.82, 2.24) is 15.2 Å². The number of carbonyl (C=O) groups excluding carboxylic acids is 1. The lowest BCUT2D eigenvalue weighted by atomic mass is 10.0. The van der Waals surface area contributed by atoms with E-state index in [0.717, 1.165) is 22.4 Å². The van der Waals surface area contributed by atoms with Crippen LogP contribution in [0.25, 0.3) is 10.8 Å². The van der Waals surface area contributed by atoms with Gasteiger partial charge in [-0.05, 0) is 42.3 Å². The minimum atomic E-state index is -0.197. The molecule has 0 fully saturated rings. The Hall–Kier alpha value is -2.95. The van der Waals surface area contributed by atoms with Gasteiger partial charge in [0.25, 0.3) is 5.91 Å². The number of aromatic nitrogens is 2. The monoisotopic (exact) mass is 306 g/mol. The molecule has 0 spiro atoms. The summed E-state index contributed by atoms with van der Waals surface area (Å²) in [6, 6.07) is 16.1. The van der Waals surface area contributed by atoms with Gasteiger partial charge in [0.05, 0.1) is 5.71 Å². The minimum absolute atomic E-state index is 0.160. The number of hydrogen-bond acceptors (Lipinski definition) is 3. The SMILES string of the molecule is CC(=NNC(=O)Cn1nccc1C)c1ccc2ccccc2c1. The molecular weight excluding hydrogens is 288 g/mol. The van der Waals surface area contributed by atoms with Gasteiger partial charge in [0, 0.05) is 11.9 Å². The molecule has 23 heavy (non-hydrogen) atoms. The van der Waals surface area contributed by atoms with Gasteiger partial charge >= 0.3 is 0 Å². The highest BCUT2D eigenvalue weighted by Gasteiger charge is 2.05. The quantitative estimate of drug-likeness (QED) is 0.595. The summed E-state index contributed by atoms with van der Waals surface area (Å²) < 4.78 is 1.64. The van der Waals surface area contributed by atoms with Gasteiger partial charge in [-0.25, -0.2) is 5.43 Å². The third-order valence-corrected chi connectivity index (χ3v) is 3.74. The summed E-state index contributed by atoms with van der Waals surface area (Å²) in [6.45, 7) is 3.95. The van der Waals surface area contributed by atoms with Gasteiger partial charge in [0.2, 0.25) is 0 Å². The molecule has 0 saturated heterocycles. The highest BCUT2D eigenvalue weighted by Crippen LogP contribution is 2.16. The smallest absolute Gasteiger partial charge is 0.261 e. The molecule has 1 aromatic heterocycles. The summed E-state index contributed by atoms with van der Waals surface area (Å²) in [4.78, 5) is 11.9. The standard InChI is InChI=1S/C18H18N4O/c1-13-9-10-19-22(13)12-18(23)21-20-14(2)16-8-7-15-5-3-4-6-17(15)11-16/h3-11H,12H2,1-2H3,(H,21,23). The van der Waals surface area contributed by atoms with Gasteiger partial charge < -0.3 is 0 Å². The van der Waals surface area contributed by atoms with Crippen LogP contribution in [-0.2, 0) is 11.3 Å². The lowest BCUT2D eigenvalue weighted by molar-refractivity contribution is -0.121. The van der Waals surface area contributed by atoms with Crippen LogP contribution >= 0.6 is 0 Å². The van der Waals surface area contributed by atoms with Crippen molar-refractivity contribution in [3.05, 3.63) is 66.0 Å². The highest BCUT2D eigenvalue weighted by molar-refractivity contribution is 6.02. The number of nitrogens with one attached hydrogen (secondary N) is 1. The zero-order valence-electron chi connectivity index (χ0n) is 13.2. The average molecular weight is 306 g/mol. The molecular formula is C18H18N4O. The van der Waals surface area contributed by atoms with E-state index in [4.69, 9.17) is 0 Å². The van der Waals surface area contributed by atoms with Crippen LogP contribution in [0.4, 0.5) is 0 Å². The van der Waals surface area contributed by atoms with Crippen molar-refractivity contribution in [2.75, 3.05) is 0 Å². The molecule has 1 N–H and O–H groups in total. The molecule has 0 aliphatic carbocycles. The van der Waals surface area contributed by atoms with E-state index in [1.807, 2.05) is 38.1 Å². The Bertz CT molecular complexity index is 879. The van der Waals surface area contributed by atoms with E-state index in [1.54, 1.807) is 10.9 Å². The van der Waals surface area contributed by atoms with E-state index in [-0.39, 0.29) is 12.5 Å². The lowest BCUT2D eigenvalue weighted by Gasteiger charge is -2.06. The summed E-state index contributed by atoms with van der Waals surface area (Å²) in [5.41, 5.74) is 5.27. The molecule has 116 valence electrons. The zero-order valence-corrected chi connectivity index (χ0v) is 13.2. The van der Waals surface area contributed by atoms with Crippen molar-refractivity contribution in [2.24, 2.45) is 5.10 Å². The first kappa shape index (κ1) is 15.0. The number of hydrogen-bond donors (Lipinski definition) is 1. The van der Waals surface area contributed by atoms with Gasteiger partial charge in [0.15, 0.2) is 0 Å². The molecule has 0 saturated carbocycles. The predicted octanol–water partition coefficient (Wildman–Crippen LogP) is 2.89. The number of fused-ring (bicyclic) bond motifs is 1. The number of amides is 1. The maximum absolute atomic E-state index is 11.9. The van der Waals surface area contributed by atoms with Crippen LogP contribution in [0.15, 0.2) is 59.8 Å². The fraction of sp³-hybridized carbons (Fsp3) is 0.167. The van der Waals surface area contributed by atoms with Crippen LogP contribution in [0.1, 0.15) is 18.2 Å². The molecule has 0 bridgehead atoms. The normalized spacial score (nSPS) is 11.7. The second-order valence-corrected chi connectivity index (χ2v) is 5.42. The van der Waals surface area contributed by atoms with Crippen LogP contribution in [-0.4, -0.2) is 21.4 Å². The van der Waals surface area contributed by atoms with Crippen molar-refractivity contribution < 1.29 is 4.79 Å². The predicted molar refractivity (Wildman–Crippen MR) is 91.3 cm³/mol. The fourth-order valence-corrected chi connectivity index (χ4v) is 2.36. The topological polar surface area (TPSA) is 59.3 Å². The number of carbonyl (C=O) groups is 1. The van der Waals surface area contributed by atoms with E-state index >= 15 is 0 Å². The van der Waals surface area contributed by atoms with E-state index < -0.39 is 0 Å². The van der Waals surface area contributed by atoms with Crippen molar-refractivity contribution in [3.8, 4) is 0 Å². The average Bonchev–Trinajstić information content (AvgIpc) is 2.97.